The molecule has 0 bridgehead atoms. The molecule has 3 nitrogen and oxygen atoms in total. The van der Waals surface area contributed by atoms with Crippen LogP contribution in [0.2, 0.25) is 0 Å². The summed E-state index contributed by atoms with van der Waals surface area (Å²) in [5, 5.41) is 0. The maximum Gasteiger partial charge on any atom is 0.328 e. The summed E-state index contributed by atoms with van der Waals surface area (Å²) in [7, 11) is 0. The molecule has 0 aliphatic carbocycles. The fourth-order valence-corrected chi connectivity index (χ4v) is 2.02. The molecule has 0 amide bonds. The summed E-state index contributed by atoms with van der Waals surface area (Å²) in [5.74, 6) is 0.544. The van der Waals surface area contributed by atoms with E-state index in [1.54, 1.807) is 9.13 Å². The SMILES string of the molecule is CCn1ccn(Cc2ccc(C(C)C)cc2)c1=O. The molecule has 0 fully saturated rings. The molecule has 0 atom stereocenters. The van der Waals surface area contributed by atoms with Gasteiger partial charge in [-0.2, -0.15) is 0 Å². The van der Waals surface area contributed by atoms with Crippen molar-refractivity contribution in [1.29, 1.82) is 0 Å². The van der Waals surface area contributed by atoms with Crippen LogP contribution >= 0.6 is 0 Å². The third-order valence-electron chi connectivity index (χ3n) is 3.26. The molecular formula is C15H20N2O. The summed E-state index contributed by atoms with van der Waals surface area (Å²) in [6.07, 6.45) is 3.69. The van der Waals surface area contributed by atoms with Gasteiger partial charge in [-0.1, -0.05) is 38.1 Å². The Morgan fingerprint density at radius 2 is 1.67 bits per heavy atom. The highest BCUT2D eigenvalue weighted by Gasteiger charge is 2.03. The molecule has 96 valence electrons. The van der Waals surface area contributed by atoms with E-state index in [-0.39, 0.29) is 5.69 Å². The van der Waals surface area contributed by atoms with Gasteiger partial charge in [-0.3, -0.25) is 9.13 Å². The molecule has 0 aliphatic rings. The molecule has 18 heavy (non-hydrogen) atoms. The standard InChI is InChI=1S/C15H20N2O/c1-4-16-9-10-17(15(16)18)11-13-5-7-14(8-6-13)12(2)3/h5-10,12H,4,11H2,1-3H3. The zero-order valence-electron chi connectivity index (χ0n) is 11.3. The molecule has 0 saturated carbocycles. The Morgan fingerprint density at radius 3 is 2.17 bits per heavy atom. The van der Waals surface area contributed by atoms with E-state index in [4.69, 9.17) is 0 Å². The summed E-state index contributed by atoms with van der Waals surface area (Å²) in [6, 6.07) is 8.49. The Morgan fingerprint density at radius 1 is 1.06 bits per heavy atom. The predicted molar refractivity (Wildman–Crippen MR) is 74.0 cm³/mol. The van der Waals surface area contributed by atoms with Crippen LogP contribution in [0.5, 0.6) is 0 Å². The lowest BCUT2D eigenvalue weighted by Crippen LogP contribution is -2.23. The first-order chi connectivity index (χ1) is 8.61. The van der Waals surface area contributed by atoms with E-state index in [9.17, 15) is 4.79 Å². The van der Waals surface area contributed by atoms with Crippen LogP contribution in [0.4, 0.5) is 0 Å². The average molecular weight is 244 g/mol. The van der Waals surface area contributed by atoms with Gasteiger partial charge in [0.2, 0.25) is 0 Å². The molecule has 0 radical (unpaired) electrons. The van der Waals surface area contributed by atoms with Crippen molar-refractivity contribution in [2.45, 2.75) is 39.8 Å². The Hall–Kier alpha value is -1.77. The van der Waals surface area contributed by atoms with E-state index in [1.165, 1.54) is 5.56 Å². The van der Waals surface area contributed by atoms with Gasteiger partial charge in [-0.25, -0.2) is 4.79 Å². The smallest absolute Gasteiger partial charge is 0.300 e. The van der Waals surface area contributed by atoms with Gasteiger partial charge < -0.3 is 0 Å². The second-order valence-electron chi connectivity index (χ2n) is 4.89. The van der Waals surface area contributed by atoms with Crippen molar-refractivity contribution in [3.63, 3.8) is 0 Å². The van der Waals surface area contributed by atoms with Crippen molar-refractivity contribution in [2.24, 2.45) is 0 Å². The van der Waals surface area contributed by atoms with Gasteiger partial charge >= 0.3 is 5.69 Å². The van der Waals surface area contributed by atoms with Crippen LogP contribution in [-0.2, 0) is 13.1 Å². The number of nitrogens with zero attached hydrogens (tertiary/aromatic N) is 2. The summed E-state index contributed by atoms with van der Waals surface area (Å²) >= 11 is 0. The van der Waals surface area contributed by atoms with Crippen LogP contribution in [0.25, 0.3) is 0 Å². The van der Waals surface area contributed by atoms with E-state index in [1.807, 2.05) is 19.3 Å². The lowest BCUT2D eigenvalue weighted by atomic mass is 10.0. The number of rotatable bonds is 4. The fraction of sp³-hybridized carbons (Fsp3) is 0.400. The highest BCUT2D eigenvalue weighted by atomic mass is 16.1. The van der Waals surface area contributed by atoms with Gasteiger partial charge in [0.25, 0.3) is 0 Å². The molecule has 2 aromatic rings. The van der Waals surface area contributed by atoms with Crippen LogP contribution in [0, 0.1) is 0 Å². The highest BCUT2D eigenvalue weighted by Crippen LogP contribution is 2.14. The number of aromatic nitrogens is 2. The predicted octanol–water partition coefficient (Wildman–Crippen LogP) is 2.84. The molecular weight excluding hydrogens is 224 g/mol. The normalized spacial score (nSPS) is 11.1. The second kappa shape index (κ2) is 5.25. The zero-order valence-corrected chi connectivity index (χ0v) is 11.3. The summed E-state index contributed by atoms with van der Waals surface area (Å²) < 4.78 is 3.45. The first kappa shape index (κ1) is 12.7. The van der Waals surface area contributed by atoms with Crippen LogP contribution in [0.1, 0.15) is 37.8 Å². The van der Waals surface area contributed by atoms with Crippen LogP contribution in [0.15, 0.2) is 41.5 Å². The van der Waals surface area contributed by atoms with Gasteiger partial charge in [0.15, 0.2) is 0 Å². The van der Waals surface area contributed by atoms with E-state index in [2.05, 4.69) is 38.1 Å². The Kier molecular flexibility index (Phi) is 3.70. The molecule has 1 aromatic heterocycles. The lowest BCUT2D eigenvalue weighted by Gasteiger charge is -2.07. The molecule has 1 aromatic carbocycles. The molecule has 1 heterocycles. The van der Waals surface area contributed by atoms with Crippen molar-refractivity contribution in [1.82, 2.24) is 9.13 Å². The quantitative estimate of drug-likeness (QED) is 0.812. The van der Waals surface area contributed by atoms with E-state index < -0.39 is 0 Å². The van der Waals surface area contributed by atoms with Crippen molar-refractivity contribution >= 4 is 0 Å². The van der Waals surface area contributed by atoms with Crippen LogP contribution < -0.4 is 5.69 Å². The monoisotopic (exact) mass is 244 g/mol. The van der Waals surface area contributed by atoms with Crippen LogP contribution in [0.3, 0.4) is 0 Å². The number of hydrogen-bond donors (Lipinski definition) is 0. The number of imidazole rings is 1. The maximum absolute atomic E-state index is 11.9. The van der Waals surface area contributed by atoms with Crippen molar-refractivity contribution in [2.75, 3.05) is 0 Å². The molecule has 0 saturated heterocycles. The van der Waals surface area contributed by atoms with E-state index in [0.717, 1.165) is 12.1 Å². The maximum atomic E-state index is 11.9. The first-order valence-electron chi connectivity index (χ1n) is 6.46. The van der Waals surface area contributed by atoms with Gasteiger partial charge in [-0.15, -0.1) is 0 Å². The van der Waals surface area contributed by atoms with Crippen molar-refractivity contribution < 1.29 is 0 Å². The minimum atomic E-state index is 0.0606. The molecule has 0 spiro atoms. The third-order valence-corrected chi connectivity index (χ3v) is 3.26. The van der Waals surface area contributed by atoms with E-state index in [0.29, 0.717) is 12.5 Å². The minimum Gasteiger partial charge on any atom is -0.300 e. The minimum absolute atomic E-state index is 0.0606. The highest BCUT2D eigenvalue weighted by molar-refractivity contribution is 5.24. The molecule has 0 N–H and O–H groups in total. The first-order valence-corrected chi connectivity index (χ1v) is 6.46. The summed E-state index contributed by atoms with van der Waals surface area (Å²) in [6.45, 7) is 7.70. The molecule has 3 heteroatoms. The van der Waals surface area contributed by atoms with Crippen molar-refractivity contribution in [3.05, 3.63) is 58.3 Å². The fourth-order valence-electron chi connectivity index (χ4n) is 2.02. The van der Waals surface area contributed by atoms with Gasteiger partial charge in [0.1, 0.15) is 0 Å². The molecule has 2 rings (SSSR count). The number of hydrogen-bond acceptors (Lipinski definition) is 1. The lowest BCUT2D eigenvalue weighted by molar-refractivity contribution is 0.668. The third kappa shape index (κ3) is 2.55. The van der Waals surface area contributed by atoms with Gasteiger partial charge in [0, 0.05) is 18.9 Å². The van der Waals surface area contributed by atoms with Gasteiger partial charge in [0.05, 0.1) is 6.54 Å². The Bertz CT molecular complexity index is 561. The summed E-state index contributed by atoms with van der Waals surface area (Å²) in [5.41, 5.74) is 2.55. The average Bonchev–Trinajstić information content (AvgIpc) is 2.71. The molecule has 0 aliphatic heterocycles. The van der Waals surface area contributed by atoms with Crippen molar-refractivity contribution in [3.8, 4) is 0 Å². The second-order valence-corrected chi connectivity index (χ2v) is 4.89. The molecule has 0 unspecified atom stereocenters. The Balaban J connectivity index is 2.18. The number of aryl methyl sites for hydroxylation is 1. The summed E-state index contributed by atoms with van der Waals surface area (Å²) in [4.78, 5) is 11.9. The number of benzene rings is 1. The van der Waals surface area contributed by atoms with Gasteiger partial charge in [-0.05, 0) is 24.0 Å². The van der Waals surface area contributed by atoms with Crippen LogP contribution in [-0.4, -0.2) is 9.13 Å². The largest absolute Gasteiger partial charge is 0.328 e. The topological polar surface area (TPSA) is 26.9 Å². The Labute approximate surface area is 108 Å². The van der Waals surface area contributed by atoms with E-state index >= 15 is 0 Å². The zero-order chi connectivity index (χ0) is 13.1.